The number of ether oxygens (including phenoxy) is 3. The summed E-state index contributed by atoms with van der Waals surface area (Å²) < 4.78 is 16.2. The molecule has 1 aromatic rings. The van der Waals surface area contributed by atoms with Crippen LogP contribution in [0.25, 0.3) is 0 Å². The number of amides is 1. The van der Waals surface area contributed by atoms with E-state index in [9.17, 15) is 9.59 Å². The van der Waals surface area contributed by atoms with Gasteiger partial charge in [-0.05, 0) is 74.5 Å². The van der Waals surface area contributed by atoms with Crippen LogP contribution in [-0.4, -0.2) is 37.2 Å². The molecule has 1 aromatic carbocycles. The summed E-state index contributed by atoms with van der Waals surface area (Å²) >= 11 is 0. The van der Waals surface area contributed by atoms with Crippen molar-refractivity contribution in [2.24, 2.45) is 17.8 Å². The molecule has 6 heteroatoms. The second kappa shape index (κ2) is 6.43. The zero-order chi connectivity index (χ0) is 18.4. The summed E-state index contributed by atoms with van der Waals surface area (Å²) in [6, 6.07) is 4.93. The lowest BCUT2D eigenvalue weighted by Crippen LogP contribution is -2.60. The topological polar surface area (TPSA) is 73.9 Å². The largest absolute Gasteiger partial charge is 0.486 e. The van der Waals surface area contributed by atoms with Gasteiger partial charge in [-0.1, -0.05) is 0 Å². The Kier molecular flexibility index (Phi) is 4.02. The SMILES string of the molecule is O=C(COC(=O)c1ccc2c(c1)OCCO2)NC12CC3CC(CC(C3)C1)C2. The van der Waals surface area contributed by atoms with Gasteiger partial charge in [0.1, 0.15) is 13.2 Å². The fourth-order valence-corrected chi connectivity index (χ4v) is 5.98. The number of benzene rings is 1. The Hall–Kier alpha value is -2.24. The number of esters is 1. The van der Waals surface area contributed by atoms with Crippen LogP contribution in [-0.2, 0) is 9.53 Å². The first-order chi connectivity index (χ1) is 13.1. The number of rotatable bonds is 4. The molecule has 0 unspecified atom stereocenters. The molecule has 6 rings (SSSR count). The second-order valence-electron chi connectivity index (χ2n) is 8.68. The van der Waals surface area contributed by atoms with E-state index in [4.69, 9.17) is 14.2 Å². The maximum Gasteiger partial charge on any atom is 0.338 e. The van der Waals surface area contributed by atoms with Crippen molar-refractivity contribution < 1.29 is 23.8 Å². The quantitative estimate of drug-likeness (QED) is 0.824. The lowest BCUT2D eigenvalue weighted by molar-refractivity contribution is -0.130. The summed E-state index contributed by atoms with van der Waals surface area (Å²) in [5.74, 6) is 2.73. The van der Waals surface area contributed by atoms with E-state index in [0.717, 1.165) is 37.0 Å². The van der Waals surface area contributed by atoms with Crippen LogP contribution in [0.2, 0.25) is 0 Å². The summed E-state index contributed by atoms with van der Waals surface area (Å²) in [7, 11) is 0. The van der Waals surface area contributed by atoms with Gasteiger partial charge in [0.05, 0.1) is 5.56 Å². The Morgan fingerprint density at radius 1 is 1.00 bits per heavy atom. The van der Waals surface area contributed by atoms with E-state index in [0.29, 0.717) is 30.3 Å². The van der Waals surface area contributed by atoms with E-state index in [1.807, 2.05) is 0 Å². The third-order valence-electron chi connectivity index (χ3n) is 6.56. The monoisotopic (exact) mass is 371 g/mol. The van der Waals surface area contributed by atoms with Crippen molar-refractivity contribution in [1.82, 2.24) is 5.32 Å². The molecule has 4 bridgehead atoms. The van der Waals surface area contributed by atoms with Gasteiger partial charge in [-0.15, -0.1) is 0 Å². The molecule has 0 atom stereocenters. The normalized spacial score (nSPS) is 32.8. The number of nitrogens with one attached hydrogen (secondary N) is 1. The maximum absolute atomic E-state index is 12.5. The number of carbonyl (C=O) groups excluding carboxylic acids is 2. The fraction of sp³-hybridized carbons (Fsp3) is 0.619. The van der Waals surface area contributed by atoms with Crippen LogP contribution in [0.3, 0.4) is 0 Å². The molecule has 0 aromatic heterocycles. The average molecular weight is 371 g/mol. The first-order valence-corrected chi connectivity index (χ1v) is 9.96. The lowest BCUT2D eigenvalue weighted by Gasteiger charge is -2.56. The van der Waals surface area contributed by atoms with Gasteiger partial charge in [0, 0.05) is 5.54 Å². The number of hydrogen-bond donors (Lipinski definition) is 1. The molecule has 4 aliphatic carbocycles. The average Bonchev–Trinajstić information content (AvgIpc) is 2.64. The molecule has 1 amide bonds. The molecule has 6 nitrogen and oxygen atoms in total. The molecule has 0 spiro atoms. The number of carbonyl (C=O) groups is 2. The summed E-state index contributed by atoms with van der Waals surface area (Å²) in [5, 5.41) is 3.22. The van der Waals surface area contributed by atoms with Crippen LogP contribution in [0.5, 0.6) is 11.5 Å². The third kappa shape index (κ3) is 3.26. The minimum absolute atomic E-state index is 0.0603. The zero-order valence-electron chi connectivity index (χ0n) is 15.4. The minimum Gasteiger partial charge on any atom is -0.486 e. The van der Waals surface area contributed by atoms with Gasteiger partial charge in [-0.3, -0.25) is 4.79 Å². The van der Waals surface area contributed by atoms with Gasteiger partial charge in [0.2, 0.25) is 0 Å². The van der Waals surface area contributed by atoms with Crippen molar-refractivity contribution in [3.05, 3.63) is 23.8 Å². The standard InChI is InChI=1S/C21H25NO5/c23-19(22-21-9-13-5-14(10-21)7-15(6-13)11-21)12-27-20(24)16-1-2-17-18(8-16)26-4-3-25-17/h1-2,8,13-15H,3-7,9-12H2,(H,22,23). The highest BCUT2D eigenvalue weighted by atomic mass is 16.6. The van der Waals surface area contributed by atoms with Crippen LogP contribution in [0.15, 0.2) is 18.2 Å². The van der Waals surface area contributed by atoms with E-state index < -0.39 is 5.97 Å². The number of hydrogen-bond acceptors (Lipinski definition) is 5. The van der Waals surface area contributed by atoms with Gasteiger partial charge in [0.15, 0.2) is 18.1 Å². The predicted molar refractivity (Wildman–Crippen MR) is 96.8 cm³/mol. The van der Waals surface area contributed by atoms with Crippen molar-refractivity contribution in [2.45, 2.75) is 44.1 Å². The molecule has 144 valence electrons. The van der Waals surface area contributed by atoms with E-state index in [-0.39, 0.29) is 18.1 Å². The van der Waals surface area contributed by atoms with Gasteiger partial charge in [0.25, 0.3) is 5.91 Å². The van der Waals surface area contributed by atoms with E-state index in [1.54, 1.807) is 18.2 Å². The highest BCUT2D eigenvalue weighted by molar-refractivity contribution is 5.92. The summed E-state index contributed by atoms with van der Waals surface area (Å²) in [4.78, 5) is 24.8. The Balaban J connectivity index is 1.18. The second-order valence-corrected chi connectivity index (χ2v) is 8.68. The first kappa shape index (κ1) is 16.9. The predicted octanol–water partition coefficient (Wildman–Crippen LogP) is 2.70. The molecule has 1 aliphatic heterocycles. The molecule has 27 heavy (non-hydrogen) atoms. The van der Waals surface area contributed by atoms with Gasteiger partial charge in [-0.2, -0.15) is 0 Å². The minimum atomic E-state index is -0.521. The van der Waals surface area contributed by atoms with Gasteiger partial charge in [-0.25, -0.2) is 4.79 Å². The third-order valence-corrected chi connectivity index (χ3v) is 6.56. The smallest absolute Gasteiger partial charge is 0.338 e. The molecule has 1 heterocycles. The molecule has 0 radical (unpaired) electrons. The van der Waals surface area contributed by atoms with Crippen LogP contribution >= 0.6 is 0 Å². The fourth-order valence-electron chi connectivity index (χ4n) is 5.98. The highest BCUT2D eigenvalue weighted by Gasteiger charge is 2.51. The van der Waals surface area contributed by atoms with Crippen molar-refractivity contribution in [3.63, 3.8) is 0 Å². The van der Waals surface area contributed by atoms with Crippen LogP contribution in [0.1, 0.15) is 48.9 Å². The Morgan fingerprint density at radius 2 is 1.63 bits per heavy atom. The Bertz CT molecular complexity index is 739. The maximum atomic E-state index is 12.5. The first-order valence-electron chi connectivity index (χ1n) is 9.96. The summed E-state index contributed by atoms with van der Waals surface area (Å²) in [6.45, 7) is 0.718. The van der Waals surface area contributed by atoms with E-state index >= 15 is 0 Å². The zero-order valence-corrected chi connectivity index (χ0v) is 15.4. The van der Waals surface area contributed by atoms with Crippen molar-refractivity contribution in [1.29, 1.82) is 0 Å². The molecule has 1 N–H and O–H groups in total. The molecular weight excluding hydrogens is 346 g/mol. The highest BCUT2D eigenvalue weighted by Crippen LogP contribution is 2.55. The molecule has 5 aliphatic rings. The lowest BCUT2D eigenvalue weighted by atomic mass is 9.53. The van der Waals surface area contributed by atoms with Crippen LogP contribution < -0.4 is 14.8 Å². The number of fused-ring (bicyclic) bond motifs is 1. The molecule has 4 saturated carbocycles. The van der Waals surface area contributed by atoms with Crippen LogP contribution in [0.4, 0.5) is 0 Å². The van der Waals surface area contributed by atoms with Gasteiger partial charge < -0.3 is 19.5 Å². The Morgan fingerprint density at radius 3 is 2.30 bits per heavy atom. The molecule has 4 fully saturated rings. The Labute approximate surface area is 158 Å². The van der Waals surface area contributed by atoms with Crippen molar-refractivity contribution >= 4 is 11.9 Å². The molecular formula is C21H25NO5. The van der Waals surface area contributed by atoms with Crippen molar-refractivity contribution in [3.8, 4) is 11.5 Å². The van der Waals surface area contributed by atoms with E-state index in [1.165, 1.54) is 19.3 Å². The van der Waals surface area contributed by atoms with E-state index in [2.05, 4.69) is 5.32 Å². The molecule has 0 saturated heterocycles. The van der Waals surface area contributed by atoms with Crippen molar-refractivity contribution in [2.75, 3.05) is 19.8 Å². The van der Waals surface area contributed by atoms with Crippen LogP contribution in [0, 0.1) is 17.8 Å². The summed E-state index contributed by atoms with van der Waals surface area (Å²) in [5.41, 5.74) is 0.303. The van der Waals surface area contributed by atoms with Gasteiger partial charge >= 0.3 is 5.97 Å². The summed E-state index contributed by atoms with van der Waals surface area (Å²) in [6.07, 6.45) is 7.24.